The summed E-state index contributed by atoms with van der Waals surface area (Å²) in [5.41, 5.74) is 3.42. The highest BCUT2D eigenvalue weighted by Gasteiger charge is 2.77. The van der Waals surface area contributed by atoms with Gasteiger partial charge in [0, 0.05) is 24.9 Å². The number of aliphatic hydroxyl groups is 1. The molecule has 3 amide bonds. The fraction of sp³-hybridized carbons (Fsp3) is 0.375. The maximum absolute atomic E-state index is 15.3. The third-order valence-corrected chi connectivity index (χ3v) is 13.0. The summed E-state index contributed by atoms with van der Waals surface area (Å²) in [6, 6.07) is 25.5. The van der Waals surface area contributed by atoms with Gasteiger partial charge in [0.25, 0.3) is 0 Å². The topological polar surface area (TPSA) is 112 Å². The smallest absolute Gasteiger partial charge is 0.248 e. The Morgan fingerprint density at radius 1 is 0.961 bits per heavy atom. The molecule has 7 atom stereocenters. The predicted molar refractivity (Wildman–Crippen MR) is 198 cm³/mol. The Balaban J connectivity index is 1.30. The van der Waals surface area contributed by atoms with Crippen LogP contribution in [0.15, 0.2) is 110 Å². The van der Waals surface area contributed by atoms with Crippen LogP contribution in [0.5, 0.6) is 0 Å². The molecule has 3 unspecified atom stereocenters. The lowest BCUT2D eigenvalue weighted by molar-refractivity contribution is -0.147. The first-order valence-electron chi connectivity index (χ1n) is 17.6. The zero-order valence-corrected chi connectivity index (χ0v) is 29.6. The van der Waals surface area contributed by atoms with Crippen LogP contribution in [0.4, 0.5) is 0 Å². The molecule has 1 spiro atoms. The first-order valence-corrected chi connectivity index (χ1v) is 18.5. The Morgan fingerprint density at radius 3 is 2.29 bits per heavy atom. The van der Waals surface area contributed by atoms with Crippen molar-refractivity contribution in [2.24, 2.45) is 17.8 Å². The summed E-state index contributed by atoms with van der Waals surface area (Å²) in [6.45, 7) is 10.7. The van der Waals surface area contributed by atoms with Gasteiger partial charge in [-0.1, -0.05) is 97.1 Å². The largest absolute Gasteiger partial charge is 0.394 e. The van der Waals surface area contributed by atoms with Gasteiger partial charge in [0.05, 0.1) is 34.7 Å². The second-order valence-corrected chi connectivity index (χ2v) is 15.4. The van der Waals surface area contributed by atoms with Gasteiger partial charge in [-0.25, -0.2) is 4.68 Å². The molecule has 264 valence electrons. The van der Waals surface area contributed by atoms with E-state index in [-0.39, 0.29) is 48.7 Å². The summed E-state index contributed by atoms with van der Waals surface area (Å²) in [5, 5.41) is 19.5. The van der Waals surface area contributed by atoms with Crippen LogP contribution in [0.1, 0.15) is 24.5 Å². The number of benzene rings is 3. The van der Waals surface area contributed by atoms with Crippen LogP contribution >= 0.6 is 11.8 Å². The average Bonchev–Trinajstić information content (AvgIpc) is 3.88. The fourth-order valence-corrected chi connectivity index (χ4v) is 11.1. The van der Waals surface area contributed by atoms with Crippen LogP contribution in [0.2, 0.25) is 0 Å². The Labute approximate surface area is 302 Å². The summed E-state index contributed by atoms with van der Waals surface area (Å²) in [4.78, 5) is 50.2. The van der Waals surface area contributed by atoms with Gasteiger partial charge < -0.3 is 19.8 Å². The number of amides is 3. The molecule has 3 aliphatic rings. The zero-order valence-electron chi connectivity index (χ0n) is 28.8. The summed E-state index contributed by atoms with van der Waals surface area (Å²) in [6.07, 6.45) is 4.46. The molecule has 11 heteroatoms. The molecule has 7 rings (SSSR count). The summed E-state index contributed by atoms with van der Waals surface area (Å²) in [5.74, 6) is -1.99. The normalized spacial score (nSPS) is 25.5. The van der Waals surface area contributed by atoms with Crippen molar-refractivity contribution in [2.45, 2.75) is 55.1 Å². The number of hydrogen-bond donors (Lipinski definition) is 1. The van der Waals surface area contributed by atoms with E-state index >= 15 is 9.59 Å². The number of para-hydroxylation sites is 1. The molecule has 3 saturated heterocycles. The minimum atomic E-state index is -0.921. The van der Waals surface area contributed by atoms with Crippen LogP contribution in [0, 0.1) is 17.8 Å². The Bertz CT molecular complexity index is 1920. The molecule has 51 heavy (non-hydrogen) atoms. The van der Waals surface area contributed by atoms with Crippen molar-refractivity contribution in [3.05, 3.63) is 121 Å². The van der Waals surface area contributed by atoms with Crippen molar-refractivity contribution >= 4 is 40.5 Å². The van der Waals surface area contributed by atoms with E-state index < -0.39 is 28.7 Å². The van der Waals surface area contributed by atoms with Crippen molar-refractivity contribution in [1.82, 2.24) is 29.7 Å². The standard InChI is InChI=1S/C40H44N6O4S/c1-4-20-43(24-29-16-10-7-11-17-29)37(48)34-33-22-27(3)40(51-33)35(34)38(49)46(30(25-47)23-28-14-8-6-9-15-28)36(40)39(50)44(21-5-2)26-45-32-19-13-12-18-31(32)41-42-45/h4-19,27,30,33-36,47H,1-2,20-26H2,3H3/t27?,30-,33+,34-,35+,36?,40?/m1/s1. The number of thioether (sulfide) groups is 1. The Hall–Kier alpha value is -4.74. The molecule has 3 aromatic carbocycles. The molecule has 0 aliphatic carbocycles. The summed E-state index contributed by atoms with van der Waals surface area (Å²) in [7, 11) is 0. The van der Waals surface area contributed by atoms with Gasteiger partial charge in [-0.05, 0) is 42.0 Å². The van der Waals surface area contributed by atoms with E-state index in [1.54, 1.807) is 43.3 Å². The molecule has 0 radical (unpaired) electrons. The molecular formula is C40H44N6O4S. The highest BCUT2D eigenvalue weighted by molar-refractivity contribution is 8.02. The van der Waals surface area contributed by atoms with Crippen molar-refractivity contribution in [1.29, 1.82) is 0 Å². The van der Waals surface area contributed by atoms with Crippen molar-refractivity contribution in [2.75, 3.05) is 19.7 Å². The van der Waals surface area contributed by atoms with Gasteiger partial charge in [-0.2, -0.15) is 0 Å². The summed E-state index contributed by atoms with van der Waals surface area (Å²) < 4.78 is 0.811. The monoisotopic (exact) mass is 704 g/mol. The van der Waals surface area contributed by atoms with E-state index in [1.165, 1.54) is 0 Å². The quantitative estimate of drug-likeness (QED) is 0.192. The van der Waals surface area contributed by atoms with Crippen LogP contribution in [-0.2, 0) is 34.0 Å². The van der Waals surface area contributed by atoms with Gasteiger partial charge in [-0.15, -0.1) is 30.0 Å². The van der Waals surface area contributed by atoms with Crippen molar-refractivity contribution in [3.63, 3.8) is 0 Å². The number of carbonyl (C=O) groups excluding carboxylic acids is 3. The van der Waals surface area contributed by atoms with Crippen molar-refractivity contribution in [3.8, 4) is 0 Å². The van der Waals surface area contributed by atoms with Crippen LogP contribution < -0.4 is 0 Å². The van der Waals surface area contributed by atoms with E-state index in [0.29, 0.717) is 31.4 Å². The lowest BCUT2D eigenvalue weighted by atomic mass is 9.65. The van der Waals surface area contributed by atoms with Crippen LogP contribution in [0.3, 0.4) is 0 Å². The maximum atomic E-state index is 15.3. The average molecular weight is 705 g/mol. The Kier molecular flexibility index (Phi) is 9.85. The second-order valence-electron chi connectivity index (χ2n) is 13.9. The molecule has 3 fully saturated rings. The SMILES string of the molecule is C=CCN(Cn1nnc2ccccc21)C(=O)C1N([C@@H](CO)Cc2ccccc2)C(=O)[C@@H]2[C@H](C(=O)N(CC=C)Cc3ccccc3)[C@@H]3CC(C)C12S3. The number of hydrogen-bond acceptors (Lipinski definition) is 7. The van der Waals surface area contributed by atoms with Gasteiger partial charge in [-0.3, -0.25) is 14.4 Å². The number of likely N-dealkylation sites (tertiary alicyclic amines) is 1. The van der Waals surface area contributed by atoms with E-state index in [4.69, 9.17) is 0 Å². The van der Waals surface area contributed by atoms with Gasteiger partial charge >= 0.3 is 0 Å². The maximum Gasteiger partial charge on any atom is 0.248 e. The molecule has 4 aromatic rings. The first kappa shape index (κ1) is 34.7. The van der Waals surface area contributed by atoms with Gasteiger partial charge in [0.15, 0.2) is 0 Å². The molecule has 1 aromatic heterocycles. The lowest BCUT2D eigenvalue weighted by Crippen LogP contribution is -2.59. The number of fused-ring (bicyclic) bond motifs is 2. The third kappa shape index (κ3) is 6.06. The predicted octanol–water partition coefficient (Wildman–Crippen LogP) is 4.56. The van der Waals surface area contributed by atoms with E-state index in [9.17, 15) is 9.90 Å². The molecular weight excluding hydrogens is 661 g/mol. The fourth-order valence-electron chi connectivity index (χ4n) is 8.68. The van der Waals surface area contributed by atoms with Crippen molar-refractivity contribution < 1.29 is 19.5 Å². The van der Waals surface area contributed by atoms with E-state index in [2.05, 4.69) is 30.4 Å². The molecule has 1 N–H and O–H groups in total. The molecule has 10 nitrogen and oxygen atoms in total. The van der Waals surface area contributed by atoms with Crippen LogP contribution in [0.25, 0.3) is 11.0 Å². The molecule has 3 aliphatic heterocycles. The number of nitrogens with zero attached hydrogens (tertiary/aromatic N) is 6. The number of carbonyl (C=O) groups is 3. The number of rotatable bonds is 14. The lowest BCUT2D eigenvalue weighted by Gasteiger charge is -2.42. The first-order chi connectivity index (χ1) is 24.8. The third-order valence-electron chi connectivity index (χ3n) is 10.9. The minimum absolute atomic E-state index is 0.0414. The number of aliphatic hydroxyl groups excluding tert-OH is 1. The van der Waals surface area contributed by atoms with Gasteiger partial charge in [0.2, 0.25) is 17.7 Å². The zero-order chi connectivity index (χ0) is 35.7. The second kappa shape index (κ2) is 14.5. The van der Waals surface area contributed by atoms with E-state index in [0.717, 1.165) is 16.6 Å². The highest BCUT2D eigenvalue weighted by atomic mass is 32.2. The molecule has 0 saturated carbocycles. The molecule has 2 bridgehead atoms. The Morgan fingerprint density at radius 2 is 1.61 bits per heavy atom. The van der Waals surface area contributed by atoms with Gasteiger partial charge in [0.1, 0.15) is 18.2 Å². The van der Waals surface area contributed by atoms with E-state index in [1.807, 2.05) is 84.9 Å². The van der Waals surface area contributed by atoms with Crippen LogP contribution in [-0.4, -0.2) is 94.3 Å². The highest BCUT2D eigenvalue weighted by Crippen LogP contribution is 2.69. The number of aromatic nitrogens is 3. The molecule has 4 heterocycles. The summed E-state index contributed by atoms with van der Waals surface area (Å²) >= 11 is 1.63. The minimum Gasteiger partial charge on any atom is -0.394 e.